The van der Waals surface area contributed by atoms with Crippen LogP contribution in [0.3, 0.4) is 0 Å². The van der Waals surface area contributed by atoms with E-state index < -0.39 is 5.97 Å². The van der Waals surface area contributed by atoms with Crippen LogP contribution in [0.15, 0.2) is 24.3 Å². The molecule has 0 fully saturated rings. The average Bonchev–Trinajstić information content (AvgIpc) is 2.34. The Kier molecular flexibility index (Phi) is 4.27. The molecule has 0 N–H and O–H groups in total. The van der Waals surface area contributed by atoms with Gasteiger partial charge in [-0.15, -0.1) is 0 Å². The third kappa shape index (κ3) is 2.70. The largest absolute Gasteiger partial charge is 0.496 e. The summed E-state index contributed by atoms with van der Waals surface area (Å²) in [7, 11) is 2.83. The van der Waals surface area contributed by atoms with Crippen LogP contribution in [0.2, 0.25) is 0 Å². The SMILES string of the molecule is COC(=O)c1ccc(OC)c(/C=C/C=O)c1. The maximum atomic E-state index is 11.3. The zero-order valence-electron chi connectivity index (χ0n) is 9.10. The van der Waals surface area contributed by atoms with E-state index in [-0.39, 0.29) is 0 Å². The molecule has 0 radical (unpaired) electrons. The topological polar surface area (TPSA) is 52.6 Å². The minimum atomic E-state index is -0.427. The van der Waals surface area contributed by atoms with Gasteiger partial charge in [-0.1, -0.05) is 0 Å². The molecule has 4 nitrogen and oxygen atoms in total. The lowest BCUT2D eigenvalue weighted by atomic mass is 10.1. The summed E-state index contributed by atoms with van der Waals surface area (Å²) in [5, 5.41) is 0. The number of carbonyl (C=O) groups excluding carboxylic acids is 2. The van der Waals surface area contributed by atoms with Gasteiger partial charge < -0.3 is 9.47 Å². The number of ether oxygens (including phenoxy) is 2. The van der Waals surface area contributed by atoms with Gasteiger partial charge in [-0.2, -0.15) is 0 Å². The van der Waals surface area contributed by atoms with E-state index in [2.05, 4.69) is 4.74 Å². The third-order valence-electron chi connectivity index (χ3n) is 2.01. The zero-order chi connectivity index (χ0) is 12.0. The Morgan fingerprint density at radius 1 is 1.31 bits per heavy atom. The lowest BCUT2D eigenvalue weighted by Crippen LogP contribution is -2.01. The molecule has 16 heavy (non-hydrogen) atoms. The summed E-state index contributed by atoms with van der Waals surface area (Å²) in [4.78, 5) is 21.5. The number of hydrogen-bond acceptors (Lipinski definition) is 4. The van der Waals surface area contributed by atoms with Crippen LogP contribution in [0.4, 0.5) is 0 Å². The molecule has 1 rings (SSSR count). The highest BCUT2D eigenvalue weighted by molar-refractivity contribution is 5.90. The predicted octanol–water partition coefficient (Wildman–Crippen LogP) is 1.69. The third-order valence-corrected chi connectivity index (χ3v) is 2.01. The summed E-state index contributed by atoms with van der Waals surface area (Å²) < 4.78 is 9.69. The molecule has 0 spiro atoms. The normalized spacial score (nSPS) is 10.1. The second-order valence-electron chi connectivity index (χ2n) is 2.94. The van der Waals surface area contributed by atoms with Crippen molar-refractivity contribution < 1.29 is 19.1 Å². The molecule has 0 atom stereocenters. The van der Waals surface area contributed by atoms with Gasteiger partial charge in [0.25, 0.3) is 0 Å². The van der Waals surface area contributed by atoms with Gasteiger partial charge in [-0.3, -0.25) is 4.79 Å². The minimum Gasteiger partial charge on any atom is -0.496 e. The highest BCUT2D eigenvalue weighted by Crippen LogP contribution is 2.21. The quantitative estimate of drug-likeness (QED) is 0.440. The molecular weight excluding hydrogens is 208 g/mol. The van der Waals surface area contributed by atoms with Crippen LogP contribution >= 0.6 is 0 Å². The smallest absolute Gasteiger partial charge is 0.337 e. The van der Waals surface area contributed by atoms with E-state index >= 15 is 0 Å². The van der Waals surface area contributed by atoms with Gasteiger partial charge in [-0.05, 0) is 30.4 Å². The lowest BCUT2D eigenvalue weighted by molar-refractivity contribution is -0.104. The van der Waals surface area contributed by atoms with Crippen LogP contribution in [0, 0.1) is 0 Å². The fourth-order valence-electron chi connectivity index (χ4n) is 1.25. The number of esters is 1. The maximum Gasteiger partial charge on any atom is 0.337 e. The molecule has 0 amide bonds. The van der Waals surface area contributed by atoms with Crippen molar-refractivity contribution in [3.63, 3.8) is 0 Å². The fraction of sp³-hybridized carbons (Fsp3) is 0.167. The van der Waals surface area contributed by atoms with E-state index in [1.807, 2.05) is 0 Å². The number of methoxy groups -OCH3 is 2. The van der Waals surface area contributed by atoms with Crippen LogP contribution < -0.4 is 4.74 Å². The van der Waals surface area contributed by atoms with Crippen LogP contribution in [0.1, 0.15) is 15.9 Å². The summed E-state index contributed by atoms with van der Waals surface area (Å²) in [6.45, 7) is 0. The van der Waals surface area contributed by atoms with Crippen molar-refractivity contribution in [2.24, 2.45) is 0 Å². The first kappa shape index (κ1) is 12.0. The minimum absolute atomic E-state index is 0.411. The summed E-state index contributed by atoms with van der Waals surface area (Å²) in [6.07, 6.45) is 3.56. The average molecular weight is 220 g/mol. The number of allylic oxidation sites excluding steroid dienone is 1. The van der Waals surface area contributed by atoms with Crippen molar-refractivity contribution in [2.45, 2.75) is 0 Å². The number of rotatable bonds is 4. The Morgan fingerprint density at radius 3 is 2.62 bits per heavy atom. The van der Waals surface area contributed by atoms with E-state index in [1.165, 1.54) is 20.3 Å². The molecule has 0 saturated carbocycles. The van der Waals surface area contributed by atoms with Crippen molar-refractivity contribution >= 4 is 18.3 Å². The van der Waals surface area contributed by atoms with Crippen molar-refractivity contribution in [3.05, 3.63) is 35.4 Å². The Hall–Kier alpha value is -2.10. The molecule has 0 heterocycles. The molecule has 1 aromatic carbocycles. The van der Waals surface area contributed by atoms with Gasteiger partial charge in [0, 0.05) is 5.56 Å². The van der Waals surface area contributed by atoms with Gasteiger partial charge in [0.1, 0.15) is 12.0 Å². The first-order chi connectivity index (χ1) is 7.72. The second kappa shape index (κ2) is 5.70. The lowest BCUT2D eigenvalue weighted by Gasteiger charge is -2.06. The van der Waals surface area contributed by atoms with Gasteiger partial charge in [0.15, 0.2) is 0 Å². The van der Waals surface area contributed by atoms with E-state index in [4.69, 9.17) is 4.74 Å². The molecule has 0 saturated heterocycles. The monoisotopic (exact) mass is 220 g/mol. The van der Waals surface area contributed by atoms with Crippen molar-refractivity contribution in [3.8, 4) is 5.75 Å². The number of hydrogen-bond donors (Lipinski definition) is 0. The van der Waals surface area contributed by atoms with Gasteiger partial charge in [-0.25, -0.2) is 4.79 Å². The molecule has 0 aliphatic rings. The molecule has 0 aliphatic carbocycles. The highest BCUT2D eigenvalue weighted by Gasteiger charge is 2.08. The molecule has 84 valence electrons. The molecule has 1 aromatic rings. The van der Waals surface area contributed by atoms with E-state index in [0.717, 1.165) is 0 Å². The molecular formula is C12H12O4. The Balaban J connectivity index is 3.15. The van der Waals surface area contributed by atoms with E-state index in [0.29, 0.717) is 23.2 Å². The molecule has 0 unspecified atom stereocenters. The van der Waals surface area contributed by atoms with Crippen molar-refractivity contribution in [2.75, 3.05) is 14.2 Å². The Morgan fingerprint density at radius 2 is 2.06 bits per heavy atom. The standard InChI is InChI=1S/C12H12O4/c1-15-11-6-5-10(12(14)16-2)8-9(11)4-3-7-13/h3-8H,1-2H3/b4-3+. The molecule has 4 heteroatoms. The number of carbonyl (C=O) groups is 2. The number of aldehydes is 1. The van der Waals surface area contributed by atoms with E-state index in [1.54, 1.807) is 24.3 Å². The van der Waals surface area contributed by atoms with Gasteiger partial charge >= 0.3 is 5.97 Å². The second-order valence-corrected chi connectivity index (χ2v) is 2.94. The van der Waals surface area contributed by atoms with Crippen molar-refractivity contribution in [1.82, 2.24) is 0 Å². The molecule has 0 aliphatic heterocycles. The van der Waals surface area contributed by atoms with Crippen LogP contribution in [0.5, 0.6) is 5.75 Å². The predicted molar refractivity (Wildman–Crippen MR) is 59.4 cm³/mol. The summed E-state index contributed by atoms with van der Waals surface area (Å²) >= 11 is 0. The summed E-state index contributed by atoms with van der Waals surface area (Å²) in [5.41, 5.74) is 1.06. The van der Waals surface area contributed by atoms with Crippen molar-refractivity contribution in [1.29, 1.82) is 0 Å². The Labute approximate surface area is 93.5 Å². The first-order valence-corrected chi connectivity index (χ1v) is 4.61. The Bertz CT molecular complexity index is 421. The first-order valence-electron chi connectivity index (χ1n) is 4.61. The van der Waals surface area contributed by atoms with Gasteiger partial charge in [0.05, 0.1) is 19.8 Å². The highest BCUT2D eigenvalue weighted by atomic mass is 16.5. The molecule has 0 aromatic heterocycles. The number of benzene rings is 1. The van der Waals surface area contributed by atoms with Crippen LogP contribution in [-0.2, 0) is 9.53 Å². The van der Waals surface area contributed by atoms with Crippen LogP contribution in [-0.4, -0.2) is 26.5 Å². The van der Waals surface area contributed by atoms with E-state index in [9.17, 15) is 9.59 Å². The summed E-state index contributed by atoms with van der Waals surface area (Å²) in [5.74, 6) is 0.161. The van der Waals surface area contributed by atoms with Crippen LogP contribution in [0.25, 0.3) is 6.08 Å². The maximum absolute atomic E-state index is 11.3. The summed E-state index contributed by atoms with van der Waals surface area (Å²) in [6, 6.07) is 4.85. The van der Waals surface area contributed by atoms with Gasteiger partial charge in [0.2, 0.25) is 0 Å². The fourth-order valence-corrected chi connectivity index (χ4v) is 1.25. The molecule has 0 bridgehead atoms. The zero-order valence-corrected chi connectivity index (χ0v) is 9.10.